The van der Waals surface area contributed by atoms with Gasteiger partial charge < -0.3 is 10.6 Å². The Labute approximate surface area is 127 Å². The summed E-state index contributed by atoms with van der Waals surface area (Å²) >= 11 is 0. The van der Waals surface area contributed by atoms with Crippen molar-refractivity contribution in [1.82, 2.24) is 4.90 Å². The second kappa shape index (κ2) is 7.09. The SMILES string of the molecule is Cc1ccc(C)c(C(=O)N2CCCCC2C(C)N)c1.Cl. The van der Waals surface area contributed by atoms with E-state index >= 15 is 0 Å². The van der Waals surface area contributed by atoms with E-state index in [1.807, 2.05) is 43.9 Å². The summed E-state index contributed by atoms with van der Waals surface area (Å²) in [7, 11) is 0. The second-order valence-electron chi connectivity index (χ2n) is 5.74. The summed E-state index contributed by atoms with van der Waals surface area (Å²) in [5, 5.41) is 0. The molecule has 1 aromatic rings. The Hall–Kier alpha value is -1.06. The highest BCUT2D eigenvalue weighted by Gasteiger charge is 2.30. The number of hydrogen-bond acceptors (Lipinski definition) is 2. The molecule has 0 bridgehead atoms. The standard InChI is InChI=1S/C16H24N2O.ClH/c1-11-7-8-12(2)14(10-11)16(19)18-9-5-4-6-15(18)13(3)17;/h7-8,10,13,15H,4-6,9,17H2,1-3H3;1H. The van der Waals surface area contributed by atoms with Crippen LogP contribution in [0.1, 0.15) is 47.7 Å². The van der Waals surface area contributed by atoms with E-state index in [-0.39, 0.29) is 30.4 Å². The molecule has 0 aliphatic carbocycles. The first-order valence-corrected chi connectivity index (χ1v) is 7.14. The van der Waals surface area contributed by atoms with Crippen molar-refractivity contribution in [3.63, 3.8) is 0 Å². The van der Waals surface area contributed by atoms with E-state index < -0.39 is 0 Å². The first-order valence-electron chi connectivity index (χ1n) is 7.14. The third kappa shape index (κ3) is 3.53. The summed E-state index contributed by atoms with van der Waals surface area (Å²) in [6.07, 6.45) is 3.27. The van der Waals surface area contributed by atoms with E-state index in [1.165, 1.54) is 6.42 Å². The lowest BCUT2D eigenvalue weighted by Gasteiger charge is -2.38. The van der Waals surface area contributed by atoms with Crippen LogP contribution in [0.3, 0.4) is 0 Å². The molecule has 2 N–H and O–H groups in total. The van der Waals surface area contributed by atoms with Gasteiger partial charge in [0.15, 0.2) is 0 Å². The van der Waals surface area contributed by atoms with E-state index in [1.54, 1.807) is 0 Å². The van der Waals surface area contributed by atoms with E-state index in [0.29, 0.717) is 0 Å². The molecule has 4 heteroatoms. The highest BCUT2D eigenvalue weighted by molar-refractivity contribution is 5.96. The van der Waals surface area contributed by atoms with E-state index in [9.17, 15) is 4.79 Å². The van der Waals surface area contributed by atoms with Crippen molar-refractivity contribution in [2.24, 2.45) is 5.73 Å². The highest BCUT2D eigenvalue weighted by Crippen LogP contribution is 2.23. The number of amides is 1. The van der Waals surface area contributed by atoms with Crippen molar-refractivity contribution >= 4 is 18.3 Å². The number of carbonyl (C=O) groups is 1. The van der Waals surface area contributed by atoms with Gasteiger partial charge in [-0.15, -0.1) is 12.4 Å². The quantitative estimate of drug-likeness (QED) is 0.912. The van der Waals surface area contributed by atoms with Crippen molar-refractivity contribution in [3.8, 4) is 0 Å². The minimum Gasteiger partial charge on any atom is -0.334 e. The number of aryl methyl sites for hydroxylation is 2. The van der Waals surface area contributed by atoms with Gasteiger partial charge in [-0.25, -0.2) is 0 Å². The van der Waals surface area contributed by atoms with E-state index in [0.717, 1.165) is 36.1 Å². The zero-order chi connectivity index (χ0) is 14.0. The predicted octanol–water partition coefficient (Wildman–Crippen LogP) is 3.07. The number of hydrogen-bond donors (Lipinski definition) is 1. The largest absolute Gasteiger partial charge is 0.334 e. The molecule has 0 saturated carbocycles. The molecule has 1 aromatic carbocycles. The summed E-state index contributed by atoms with van der Waals surface area (Å²) in [6, 6.07) is 6.28. The fourth-order valence-electron chi connectivity index (χ4n) is 2.88. The number of rotatable bonds is 2. The smallest absolute Gasteiger partial charge is 0.254 e. The van der Waals surface area contributed by atoms with Gasteiger partial charge in [-0.05, 0) is 51.7 Å². The molecule has 0 spiro atoms. The van der Waals surface area contributed by atoms with Gasteiger partial charge in [-0.2, -0.15) is 0 Å². The predicted molar refractivity (Wildman–Crippen MR) is 85.5 cm³/mol. The molecule has 112 valence electrons. The minimum atomic E-state index is 0. The van der Waals surface area contributed by atoms with Crippen LogP contribution in [-0.4, -0.2) is 29.4 Å². The van der Waals surface area contributed by atoms with Crippen molar-refractivity contribution < 1.29 is 4.79 Å². The number of piperidine rings is 1. The van der Waals surface area contributed by atoms with Crippen LogP contribution in [0.15, 0.2) is 18.2 Å². The Kier molecular flexibility index (Phi) is 6.03. The van der Waals surface area contributed by atoms with Crippen LogP contribution >= 0.6 is 12.4 Å². The van der Waals surface area contributed by atoms with Gasteiger partial charge in [0.2, 0.25) is 0 Å². The van der Waals surface area contributed by atoms with E-state index in [2.05, 4.69) is 0 Å². The van der Waals surface area contributed by atoms with Crippen LogP contribution in [0, 0.1) is 13.8 Å². The first kappa shape index (κ1) is 17.0. The van der Waals surface area contributed by atoms with Crippen molar-refractivity contribution in [1.29, 1.82) is 0 Å². The molecule has 2 atom stereocenters. The molecule has 3 nitrogen and oxygen atoms in total. The van der Waals surface area contributed by atoms with Crippen molar-refractivity contribution in [2.75, 3.05) is 6.54 Å². The average Bonchev–Trinajstić information content (AvgIpc) is 2.40. The molecule has 2 unspecified atom stereocenters. The maximum Gasteiger partial charge on any atom is 0.254 e. The zero-order valence-electron chi connectivity index (χ0n) is 12.6. The fourth-order valence-corrected chi connectivity index (χ4v) is 2.88. The van der Waals surface area contributed by atoms with Crippen LogP contribution in [0.5, 0.6) is 0 Å². The number of halogens is 1. The lowest BCUT2D eigenvalue weighted by atomic mass is 9.95. The molecule has 0 radical (unpaired) electrons. The molecular formula is C16H25ClN2O. The molecule has 1 aliphatic rings. The van der Waals surface area contributed by atoms with Gasteiger partial charge in [-0.1, -0.05) is 17.7 Å². The molecule has 0 aromatic heterocycles. The Bertz CT molecular complexity index is 474. The Morgan fingerprint density at radius 3 is 2.70 bits per heavy atom. The molecule has 1 saturated heterocycles. The first-order chi connectivity index (χ1) is 9.00. The van der Waals surface area contributed by atoms with Crippen molar-refractivity contribution in [3.05, 3.63) is 34.9 Å². The Balaban J connectivity index is 0.00000200. The van der Waals surface area contributed by atoms with Crippen molar-refractivity contribution in [2.45, 2.75) is 52.1 Å². The van der Waals surface area contributed by atoms with Crippen LogP contribution in [0.25, 0.3) is 0 Å². The monoisotopic (exact) mass is 296 g/mol. The molecule has 1 aliphatic heterocycles. The maximum atomic E-state index is 12.8. The lowest BCUT2D eigenvalue weighted by Crippen LogP contribution is -2.51. The third-order valence-electron chi connectivity index (χ3n) is 4.04. The third-order valence-corrected chi connectivity index (χ3v) is 4.04. The van der Waals surface area contributed by atoms with Crippen LogP contribution in [-0.2, 0) is 0 Å². The van der Waals surface area contributed by atoms with Gasteiger partial charge in [-0.3, -0.25) is 4.79 Å². The number of benzene rings is 1. The molecule has 1 fully saturated rings. The average molecular weight is 297 g/mol. The van der Waals surface area contributed by atoms with Gasteiger partial charge >= 0.3 is 0 Å². The lowest BCUT2D eigenvalue weighted by molar-refractivity contribution is 0.0583. The molecule has 20 heavy (non-hydrogen) atoms. The summed E-state index contributed by atoms with van der Waals surface area (Å²) in [4.78, 5) is 14.7. The highest BCUT2D eigenvalue weighted by atomic mass is 35.5. The molecular weight excluding hydrogens is 272 g/mol. The van der Waals surface area contributed by atoms with Crippen LogP contribution in [0.4, 0.5) is 0 Å². The number of likely N-dealkylation sites (tertiary alicyclic amines) is 1. The fraction of sp³-hybridized carbons (Fsp3) is 0.562. The number of carbonyl (C=O) groups excluding carboxylic acids is 1. The normalized spacial score (nSPS) is 20.2. The summed E-state index contributed by atoms with van der Waals surface area (Å²) in [6.45, 7) is 6.85. The van der Waals surface area contributed by atoms with Gasteiger partial charge in [0.25, 0.3) is 5.91 Å². The Morgan fingerprint density at radius 2 is 2.05 bits per heavy atom. The Morgan fingerprint density at radius 1 is 1.35 bits per heavy atom. The topological polar surface area (TPSA) is 46.3 Å². The minimum absolute atomic E-state index is 0. The maximum absolute atomic E-state index is 12.8. The van der Waals surface area contributed by atoms with E-state index in [4.69, 9.17) is 5.73 Å². The van der Waals surface area contributed by atoms with Gasteiger partial charge in [0, 0.05) is 24.2 Å². The zero-order valence-corrected chi connectivity index (χ0v) is 13.4. The van der Waals surface area contributed by atoms with Crippen LogP contribution in [0.2, 0.25) is 0 Å². The molecule has 1 heterocycles. The van der Waals surface area contributed by atoms with Gasteiger partial charge in [0.1, 0.15) is 0 Å². The number of nitrogens with two attached hydrogens (primary N) is 1. The summed E-state index contributed by atoms with van der Waals surface area (Å²) in [5.41, 5.74) is 9.05. The molecule has 2 rings (SSSR count). The summed E-state index contributed by atoms with van der Waals surface area (Å²) < 4.78 is 0. The summed E-state index contributed by atoms with van der Waals surface area (Å²) in [5.74, 6) is 0.142. The number of nitrogens with zero attached hydrogens (tertiary/aromatic N) is 1. The molecule has 1 amide bonds. The van der Waals surface area contributed by atoms with Crippen LogP contribution < -0.4 is 5.73 Å². The van der Waals surface area contributed by atoms with Gasteiger partial charge in [0.05, 0.1) is 0 Å². The second-order valence-corrected chi connectivity index (χ2v) is 5.74.